The van der Waals surface area contributed by atoms with Gasteiger partial charge in [-0.25, -0.2) is 0 Å². The molecule has 0 aliphatic carbocycles. The molecule has 3 heteroatoms. The van der Waals surface area contributed by atoms with Crippen molar-refractivity contribution in [1.29, 1.82) is 0 Å². The van der Waals surface area contributed by atoms with Crippen LogP contribution in [0.5, 0.6) is 0 Å². The van der Waals surface area contributed by atoms with Crippen LogP contribution in [0.15, 0.2) is 48.5 Å². The summed E-state index contributed by atoms with van der Waals surface area (Å²) in [5.74, 6) is 0.745. The van der Waals surface area contributed by atoms with Crippen molar-refractivity contribution < 1.29 is 0 Å². The molecule has 0 spiro atoms. The molecule has 0 saturated carbocycles. The Morgan fingerprint density at radius 3 is 2.52 bits per heavy atom. The van der Waals surface area contributed by atoms with Gasteiger partial charge in [0.15, 0.2) is 0 Å². The van der Waals surface area contributed by atoms with Crippen LogP contribution in [0.3, 0.4) is 0 Å². The molecule has 1 aliphatic heterocycles. The molecule has 1 N–H and O–H groups in total. The van der Waals surface area contributed by atoms with E-state index in [1.165, 1.54) is 37.9 Å². The summed E-state index contributed by atoms with van der Waals surface area (Å²) < 4.78 is 0. The van der Waals surface area contributed by atoms with Crippen LogP contribution in [0, 0.1) is 0 Å². The van der Waals surface area contributed by atoms with Gasteiger partial charge in [0.2, 0.25) is 0 Å². The third-order valence-corrected chi connectivity index (χ3v) is 5.51. The number of benzene rings is 2. The highest BCUT2D eigenvalue weighted by Gasteiger charge is 2.20. The Morgan fingerprint density at radius 2 is 1.76 bits per heavy atom. The second-order valence-corrected chi connectivity index (χ2v) is 7.62. The van der Waals surface area contributed by atoms with Crippen LogP contribution in [0.25, 0.3) is 0 Å². The predicted molar refractivity (Wildman–Crippen MR) is 107 cm³/mol. The third kappa shape index (κ3) is 5.57. The van der Waals surface area contributed by atoms with Crippen LogP contribution < -0.4 is 5.32 Å². The van der Waals surface area contributed by atoms with E-state index >= 15 is 0 Å². The highest BCUT2D eigenvalue weighted by atomic mass is 35.5. The number of rotatable bonds is 7. The molecule has 1 fully saturated rings. The number of hydrogen-bond acceptors (Lipinski definition) is 2. The molecule has 3 rings (SSSR count). The molecule has 2 nitrogen and oxygen atoms in total. The topological polar surface area (TPSA) is 15.3 Å². The maximum atomic E-state index is 5.93. The van der Waals surface area contributed by atoms with Crippen molar-refractivity contribution in [2.75, 3.05) is 26.7 Å². The minimum Gasteiger partial charge on any atom is -0.313 e. The van der Waals surface area contributed by atoms with Gasteiger partial charge in [-0.3, -0.25) is 0 Å². The van der Waals surface area contributed by atoms with E-state index in [4.69, 9.17) is 11.6 Å². The maximum absolute atomic E-state index is 5.93. The van der Waals surface area contributed by atoms with Crippen molar-refractivity contribution in [2.24, 2.45) is 0 Å². The number of likely N-dealkylation sites (tertiary alicyclic amines) is 1. The SMILES string of the molecule is CN1CCC(c2ccccc2CCCNCc2ccc(Cl)cc2)CC1. The van der Waals surface area contributed by atoms with Gasteiger partial charge in [-0.15, -0.1) is 0 Å². The first-order chi connectivity index (χ1) is 12.2. The van der Waals surface area contributed by atoms with Gasteiger partial charge < -0.3 is 10.2 Å². The molecule has 134 valence electrons. The van der Waals surface area contributed by atoms with Gasteiger partial charge in [0.05, 0.1) is 0 Å². The van der Waals surface area contributed by atoms with E-state index in [2.05, 4.69) is 53.7 Å². The lowest BCUT2D eigenvalue weighted by atomic mass is 9.85. The lowest BCUT2D eigenvalue weighted by Crippen LogP contribution is -2.29. The van der Waals surface area contributed by atoms with Gasteiger partial charge in [-0.05, 0) is 87.1 Å². The summed E-state index contributed by atoms with van der Waals surface area (Å²) in [5, 5.41) is 4.35. The number of piperidine rings is 1. The number of halogens is 1. The van der Waals surface area contributed by atoms with Gasteiger partial charge in [-0.1, -0.05) is 48.0 Å². The molecule has 1 aliphatic rings. The second kappa shape index (κ2) is 9.38. The molecular formula is C22H29ClN2. The van der Waals surface area contributed by atoms with Gasteiger partial charge in [-0.2, -0.15) is 0 Å². The highest BCUT2D eigenvalue weighted by Crippen LogP contribution is 2.30. The summed E-state index contributed by atoms with van der Waals surface area (Å²) in [6.45, 7) is 4.40. The van der Waals surface area contributed by atoms with Gasteiger partial charge in [0.25, 0.3) is 0 Å². The van der Waals surface area contributed by atoms with Crippen LogP contribution in [-0.4, -0.2) is 31.6 Å². The van der Waals surface area contributed by atoms with Gasteiger partial charge in [0.1, 0.15) is 0 Å². The van der Waals surface area contributed by atoms with E-state index in [0.717, 1.165) is 30.5 Å². The quantitative estimate of drug-likeness (QED) is 0.712. The van der Waals surface area contributed by atoms with Crippen molar-refractivity contribution in [1.82, 2.24) is 10.2 Å². The summed E-state index contributed by atoms with van der Waals surface area (Å²) in [7, 11) is 2.23. The Labute approximate surface area is 157 Å². The number of hydrogen-bond donors (Lipinski definition) is 1. The molecule has 0 aromatic heterocycles. The van der Waals surface area contributed by atoms with Gasteiger partial charge in [0, 0.05) is 11.6 Å². The zero-order valence-corrected chi connectivity index (χ0v) is 15.9. The Hall–Kier alpha value is -1.35. The minimum absolute atomic E-state index is 0.745. The fraction of sp³-hybridized carbons (Fsp3) is 0.455. The fourth-order valence-electron chi connectivity index (χ4n) is 3.72. The Morgan fingerprint density at radius 1 is 1.04 bits per heavy atom. The zero-order valence-electron chi connectivity index (χ0n) is 15.2. The lowest BCUT2D eigenvalue weighted by molar-refractivity contribution is 0.255. The number of aryl methyl sites for hydroxylation is 1. The highest BCUT2D eigenvalue weighted by molar-refractivity contribution is 6.30. The third-order valence-electron chi connectivity index (χ3n) is 5.26. The zero-order chi connectivity index (χ0) is 17.5. The summed E-state index contributed by atoms with van der Waals surface area (Å²) in [6.07, 6.45) is 4.93. The van der Waals surface area contributed by atoms with Crippen LogP contribution in [0.2, 0.25) is 5.02 Å². The number of nitrogens with one attached hydrogen (secondary N) is 1. The summed E-state index contributed by atoms with van der Waals surface area (Å²) in [4.78, 5) is 2.44. The molecule has 0 atom stereocenters. The first-order valence-corrected chi connectivity index (χ1v) is 9.81. The van der Waals surface area contributed by atoms with Crippen LogP contribution in [0.4, 0.5) is 0 Å². The van der Waals surface area contributed by atoms with Crippen molar-refractivity contribution in [3.8, 4) is 0 Å². The van der Waals surface area contributed by atoms with Gasteiger partial charge >= 0.3 is 0 Å². The molecule has 0 radical (unpaired) electrons. The molecule has 1 saturated heterocycles. The standard InChI is InChI=1S/C22H29ClN2/c1-25-15-12-20(13-16-25)22-7-3-2-5-19(22)6-4-14-24-17-18-8-10-21(23)11-9-18/h2-3,5,7-11,20,24H,4,6,12-17H2,1H3. The van der Waals surface area contributed by atoms with E-state index in [9.17, 15) is 0 Å². The molecular weight excluding hydrogens is 328 g/mol. The Kier molecular flexibility index (Phi) is 6.92. The molecule has 2 aromatic rings. The van der Waals surface area contributed by atoms with E-state index in [1.807, 2.05) is 12.1 Å². The van der Waals surface area contributed by atoms with Crippen molar-refractivity contribution in [3.63, 3.8) is 0 Å². The first-order valence-electron chi connectivity index (χ1n) is 9.44. The van der Waals surface area contributed by atoms with Crippen molar-refractivity contribution >= 4 is 11.6 Å². The van der Waals surface area contributed by atoms with E-state index in [-0.39, 0.29) is 0 Å². The van der Waals surface area contributed by atoms with Crippen molar-refractivity contribution in [2.45, 2.75) is 38.1 Å². The Balaban J connectivity index is 1.46. The molecule has 25 heavy (non-hydrogen) atoms. The van der Waals surface area contributed by atoms with Crippen LogP contribution in [0.1, 0.15) is 41.9 Å². The lowest BCUT2D eigenvalue weighted by Gasteiger charge is -2.30. The Bertz CT molecular complexity index is 645. The fourth-order valence-corrected chi connectivity index (χ4v) is 3.84. The number of nitrogens with zero attached hydrogens (tertiary/aromatic N) is 1. The predicted octanol–water partition coefficient (Wildman–Crippen LogP) is 4.87. The summed E-state index contributed by atoms with van der Waals surface area (Å²) >= 11 is 5.93. The monoisotopic (exact) mass is 356 g/mol. The van der Waals surface area contributed by atoms with Crippen LogP contribution in [-0.2, 0) is 13.0 Å². The molecule has 2 aromatic carbocycles. The van der Waals surface area contributed by atoms with E-state index in [1.54, 1.807) is 11.1 Å². The summed E-state index contributed by atoms with van der Waals surface area (Å²) in [5.41, 5.74) is 4.43. The molecule has 0 amide bonds. The average molecular weight is 357 g/mol. The summed E-state index contributed by atoms with van der Waals surface area (Å²) in [6, 6.07) is 17.2. The van der Waals surface area contributed by atoms with E-state index < -0.39 is 0 Å². The molecule has 0 bridgehead atoms. The van der Waals surface area contributed by atoms with Crippen LogP contribution >= 0.6 is 11.6 Å². The largest absolute Gasteiger partial charge is 0.313 e. The maximum Gasteiger partial charge on any atom is 0.0406 e. The molecule has 1 heterocycles. The normalized spacial score (nSPS) is 16.2. The molecule has 0 unspecified atom stereocenters. The van der Waals surface area contributed by atoms with E-state index in [0.29, 0.717) is 0 Å². The first kappa shape index (κ1) is 18.4. The minimum atomic E-state index is 0.745. The van der Waals surface area contributed by atoms with Crippen molar-refractivity contribution in [3.05, 3.63) is 70.2 Å². The smallest absolute Gasteiger partial charge is 0.0406 e. The second-order valence-electron chi connectivity index (χ2n) is 7.18. The average Bonchev–Trinajstić information content (AvgIpc) is 2.64.